The molecule has 0 bridgehead atoms. The Hall–Kier alpha value is -1.93. The van der Waals surface area contributed by atoms with Crippen LogP contribution < -0.4 is 10.5 Å². The van der Waals surface area contributed by atoms with Crippen LogP contribution in [0.2, 0.25) is 0 Å². The molecule has 8 heteroatoms. The minimum absolute atomic E-state index is 0.111. The smallest absolute Gasteiger partial charge is 0.326 e. The van der Waals surface area contributed by atoms with Crippen LogP contribution in [0.25, 0.3) is 0 Å². The van der Waals surface area contributed by atoms with E-state index in [1.54, 1.807) is 0 Å². The number of unbranched alkanes of at least 4 members (excludes halogenated alkanes) is 1. The number of sulfonamides is 1. The molecule has 0 saturated carbocycles. The molecular weight excluding hydrogens is 296 g/mol. The molecule has 1 aromatic rings. The number of rotatable bonds is 7. The molecule has 0 aliphatic carbocycles. The molecule has 0 aromatic heterocycles. The van der Waals surface area contributed by atoms with Gasteiger partial charge in [-0.15, -0.1) is 0 Å². The second kappa shape index (κ2) is 7.19. The SMILES string of the molecule is CCCCC(NC(=O)c1ccc(S(N)(=O)=O)cc1)C(=O)O. The van der Waals surface area contributed by atoms with Crippen molar-refractivity contribution in [1.82, 2.24) is 5.32 Å². The second-order valence-corrected chi connectivity index (χ2v) is 6.14. The van der Waals surface area contributed by atoms with Crippen molar-refractivity contribution in [2.45, 2.75) is 37.1 Å². The number of carbonyl (C=O) groups excluding carboxylic acids is 1. The molecule has 1 amide bonds. The van der Waals surface area contributed by atoms with Crippen LogP contribution in [0, 0.1) is 0 Å². The molecule has 0 aliphatic heterocycles. The summed E-state index contributed by atoms with van der Waals surface area (Å²) in [6, 6.07) is 4.01. The molecule has 1 aromatic carbocycles. The highest BCUT2D eigenvalue weighted by atomic mass is 32.2. The maximum atomic E-state index is 11.9. The van der Waals surface area contributed by atoms with Gasteiger partial charge in [0, 0.05) is 5.56 Å². The van der Waals surface area contributed by atoms with E-state index in [0.717, 1.165) is 6.42 Å². The first kappa shape index (κ1) is 17.1. The molecule has 0 radical (unpaired) electrons. The van der Waals surface area contributed by atoms with Crippen LogP contribution in [0.3, 0.4) is 0 Å². The van der Waals surface area contributed by atoms with Crippen LogP contribution >= 0.6 is 0 Å². The third kappa shape index (κ3) is 5.16. The fourth-order valence-electron chi connectivity index (χ4n) is 1.70. The third-order valence-electron chi connectivity index (χ3n) is 2.89. The number of carboxylic acids is 1. The van der Waals surface area contributed by atoms with Crippen molar-refractivity contribution in [2.24, 2.45) is 5.14 Å². The summed E-state index contributed by atoms with van der Waals surface area (Å²) in [5.74, 6) is -1.67. The molecule has 0 fully saturated rings. The second-order valence-electron chi connectivity index (χ2n) is 4.58. The summed E-state index contributed by atoms with van der Waals surface area (Å²) in [6.45, 7) is 1.92. The van der Waals surface area contributed by atoms with E-state index in [1.807, 2.05) is 6.92 Å². The average Bonchev–Trinajstić information content (AvgIpc) is 2.42. The number of carbonyl (C=O) groups is 2. The Morgan fingerprint density at radius 3 is 2.29 bits per heavy atom. The van der Waals surface area contributed by atoms with Gasteiger partial charge < -0.3 is 10.4 Å². The highest BCUT2D eigenvalue weighted by Crippen LogP contribution is 2.09. The van der Waals surface area contributed by atoms with Crippen molar-refractivity contribution in [3.63, 3.8) is 0 Å². The normalized spacial score (nSPS) is 12.7. The van der Waals surface area contributed by atoms with E-state index in [9.17, 15) is 18.0 Å². The Morgan fingerprint density at radius 2 is 1.86 bits per heavy atom. The first-order valence-electron chi connectivity index (χ1n) is 6.42. The van der Waals surface area contributed by atoms with Crippen LogP contribution in [0.15, 0.2) is 29.2 Å². The Kier molecular flexibility index (Phi) is 5.86. The van der Waals surface area contributed by atoms with E-state index in [0.29, 0.717) is 12.8 Å². The van der Waals surface area contributed by atoms with Crippen molar-refractivity contribution >= 4 is 21.9 Å². The Morgan fingerprint density at radius 1 is 1.29 bits per heavy atom. The maximum absolute atomic E-state index is 11.9. The lowest BCUT2D eigenvalue weighted by Crippen LogP contribution is -2.40. The first-order valence-corrected chi connectivity index (χ1v) is 7.97. The fraction of sp³-hybridized carbons (Fsp3) is 0.385. The largest absolute Gasteiger partial charge is 0.480 e. The van der Waals surface area contributed by atoms with Crippen molar-refractivity contribution in [1.29, 1.82) is 0 Å². The summed E-state index contributed by atoms with van der Waals surface area (Å²) in [5, 5.41) is 16.4. The number of aliphatic carboxylic acids is 1. The molecule has 4 N–H and O–H groups in total. The minimum atomic E-state index is -3.82. The molecule has 0 saturated heterocycles. The maximum Gasteiger partial charge on any atom is 0.326 e. The summed E-state index contributed by atoms with van der Waals surface area (Å²) in [5.41, 5.74) is 0.171. The Balaban J connectivity index is 2.81. The lowest BCUT2D eigenvalue weighted by Gasteiger charge is -2.14. The fourth-order valence-corrected chi connectivity index (χ4v) is 2.22. The van der Waals surface area contributed by atoms with Gasteiger partial charge in [-0.05, 0) is 30.7 Å². The Labute approximate surface area is 123 Å². The number of hydrogen-bond donors (Lipinski definition) is 3. The summed E-state index contributed by atoms with van der Waals surface area (Å²) in [6.07, 6.45) is 1.84. The zero-order valence-electron chi connectivity index (χ0n) is 11.6. The molecule has 116 valence electrons. The van der Waals surface area contributed by atoms with E-state index in [2.05, 4.69) is 5.32 Å². The number of primary sulfonamides is 1. The molecule has 0 spiro atoms. The van der Waals surface area contributed by atoms with Crippen molar-refractivity contribution in [3.8, 4) is 0 Å². The molecule has 1 unspecified atom stereocenters. The molecule has 0 heterocycles. The number of carboxylic acid groups (broad SMARTS) is 1. The highest BCUT2D eigenvalue weighted by molar-refractivity contribution is 7.89. The Bertz CT molecular complexity index is 610. The third-order valence-corrected chi connectivity index (χ3v) is 3.82. The topological polar surface area (TPSA) is 127 Å². The van der Waals surface area contributed by atoms with Gasteiger partial charge in [0.05, 0.1) is 4.90 Å². The minimum Gasteiger partial charge on any atom is -0.480 e. The van der Waals surface area contributed by atoms with E-state index >= 15 is 0 Å². The van der Waals surface area contributed by atoms with Crippen LogP contribution in [0.4, 0.5) is 0 Å². The quantitative estimate of drug-likeness (QED) is 0.683. The van der Waals surface area contributed by atoms with Gasteiger partial charge >= 0.3 is 5.97 Å². The summed E-state index contributed by atoms with van der Waals surface area (Å²) >= 11 is 0. The monoisotopic (exact) mass is 314 g/mol. The molecular formula is C13H18N2O5S. The van der Waals surface area contributed by atoms with Gasteiger partial charge in [-0.25, -0.2) is 18.4 Å². The molecule has 1 atom stereocenters. The van der Waals surface area contributed by atoms with Crippen molar-refractivity contribution < 1.29 is 23.1 Å². The molecule has 7 nitrogen and oxygen atoms in total. The predicted octanol–water partition coefficient (Wildman–Crippen LogP) is 0.707. The molecule has 1 rings (SSSR count). The highest BCUT2D eigenvalue weighted by Gasteiger charge is 2.20. The zero-order valence-corrected chi connectivity index (χ0v) is 12.4. The summed E-state index contributed by atoms with van der Waals surface area (Å²) < 4.78 is 22.2. The van der Waals surface area contributed by atoms with Gasteiger partial charge in [0.25, 0.3) is 5.91 Å². The van der Waals surface area contributed by atoms with E-state index < -0.39 is 27.9 Å². The van der Waals surface area contributed by atoms with Gasteiger partial charge in [-0.3, -0.25) is 4.79 Å². The number of nitrogens with two attached hydrogens (primary N) is 1. The van der Waals surface area contributed by atoms with Crippen molar-refractivity contribution in [3.05, 3.63) is 29.8 Å². The summed E-state index contributed by atoms with van der Waals surface area (Å²) in [4.78, 5) is 22.9. The van der Waals surface area contributed by atoms with Gasteiger partial charge in [-0.2, -0.15) is 0 Å². The number of nitrogens with one attached hydrogen (secondary N) is 1. The number of amides is 1. The number of hydrogen-bond acceptors (Lipinski definition) is 4. The lowest BCUT2D eigenvalue weighted by atomic mass is 10.1. The molecule has 0 aliphatic rings. The average molecular weight is 314 g/mol. The van der Waals surface area contributed by atoms with E-state index in [4.69, 9.17) is 10.2 Å². The number of benzene rings is 1. The molecule has 21 heavy (non-hydrogen) atoms. The first-order chi connectivity index (χ1) is 9.75. The van der Waals surface area contributed by atoms with Gasteiger partial charge in [0.2, 0.25) is 10.0 Å². The predicted molar refractivity (Wildman–Crippen MR) is 76.2 cm³/mol. The van der Waals surface area contributed by atoms with E-state index in [1.165, 1.54) is 24.3 Å². The zero-order chi connectivity index (χ0) is 16.0. The van der Waals surface area contributed by atoms with Gasteiger partial charge in [0.15, 0.2) is 0 Å². The van der Waals surface area contributed by atoms with Crippen LogP contribution in [0.5, 0.6) is 0 Å². The lowest BCUT2D eigenvalue weighted by molar-refractivity contribution is -0.139. The van der Waals surface area contributed by atoms with Crippen LogP contribution in [-0.4, -0.2) is 31.4 Å². The van der Waals surface area contributed by atoms with E-state index in [-0.39, 0.29) is 10.5 Å². The van der Waals surface area contributed by atoms with Gasteiger partial charge in [-0.1, -0.05) is 19.8 Å². The summed E-state index contributed by atoms with van der Waals surface area (Å²) in [7, 11) is -3.82. The van der Waals surface area contributed by atoms with Crippen LogP contribution in [0.1, 0.15) is 36.5 Å². The van der Waals surface area contributed by atoms with Crippen LogP contribution in [-0.2, 0) is 14.8 Å². The standard InChI is InChI=1S/C13H18N2O5S/c1-2-3-4-11(13(17)18)15-12(16)9-5-7-10(8-6-9)21(14,19)20/h5-8,11H,2-4H2,1H3,(H,15,16)(H,17,18)(H2,14,19,20). The van der Waals surface area contributed by atoms with Crippen molar-refractivity contribution in [2.75, 3.05) is 0 Å². The van der Waals surface area contributed by atoms with Gasteiger partial charge in [0.1, 0.15) is 6.04 Å².